The minimum atomic E-state index is -4.39. The number of unbranched alkanes of at least 4 members (excludes halogenated alkanes) is 42. The number of carbonyl (C=O) groups is 2. The Morgan fingerprint density at radius 2 is 0.701 bits per heavy atom. The van der Waals surface area contributed by atoms with Crippen molar-refractivity contribution >= 4 is 19.8 Å². The van der Waals surface area contributed by atoms with Gasteiger partial charge >= 0.3 is 19.8 Å². The van der Waals surface area contributed by atoms with Crippen LogP contribution in [0.1, 0.15) is 328 Å². The van der Waals surface area contributed by atoms with Crippen LogP contribution in [0.3, 0.4) is 0 Å². The molecule has 9 nitrogen and oxygen atoms in total. The fraction of sp³-hybridized carbons (Fsp3) is 0.881. The molecular weight excluding hydrogens is 978 g/mol. The molecule has 0 aromatic carbocycles. The number of hydrogen-bond acceptors (Lipinski definition) is 7. The third kappa shape index (κ3) is 63.3. The Balaban J connectivity index is 4.01. The van der Waals surface area contributed by atoms with E-state index >= 15 is 0 Å². The maximum absolute atomic E-state index is 12.8. The predicted octanol–water partition coefficient (Wildman–Crippen LogP) is 21.1. The fourth-order valence-corrected chi connectivity index (χ4v) is 10.5. The number of phosphoric acid groups is 1. The number of carbonyl (C=O) groups excluding carboxylic acids is 2. The van der Waals surface area contributed by atoms with E-state index in [0.29, 0.717) is 23.9 Å². The maximum Gasteiger partial charge on any atom is 0.472 e. The van der Waals surface area contributed by atoms with Crippen molar-refractivity contribution in [2.45, 2.75) is 335 Å². The molecule has 77 heavy (non-hydrogen) atoms. The highest BCUT2D eigenvalue weighted by molar-refractivity contribution is 7.47. The average molecular weight is 1110 g/mol. The molecule has 454 valence electrons. The van der Waals surface area contributed by atoms with Crippen LogP contribution in [0.25, 0.3) is 0 Å². The number of allylic oxidation sites excluding steroid dienone is 6. The summed E-state index contributed by atoms with van der Waals surface area (Å²) in [6, 6.07) is 0. The van der Waals surface area contributed by atoms with Crippen LogP contribution in [0.5, 0.6) is 0 Å². The fourth-order valence-electron chi connectivity index (χ4n) is 9.79. The second-order valence-corrected chi connectivity index (χ2v) is 25.3. The molecule has 0 bridgehead atoms. The average Bonchev–Trinajstić information content (AvgIpc) is 3.39. The summed E-state index contributed by atoms with van der Waals surface area (Å²) in [5.41, 5.74) is 0. The van der Waals surface area contributed by atoms with Gasteiger partial charge in [0.1, 0.15) is 19.8 Å². The summed E-state index contributed by atoms with van der Waals surface area (Å²) in [6.07, 6.45) is 73.9. The van der Waals surface area contributed by atoms with Crippen molar-refractivity contribution in [3.63, 3.8) is 0 Å². The first-order valence-corrected chi connectivity index (χ1v) is 34.7. The van der Waals surface area contributed by atoms with Gasteiger partial charge in [0.15, 0.2) is 6.10 Å². The maximum atomic E-state index is 12.8. The van der Waals surface area contributed by atoms with Crippen molar-refractivity contribution in [2.75, 3.05) is 47.5 Å². The number of nitrogens with zero attached hydrogens (tertiary/aromatic N) is 1. The number of phosphoric ester groups is 1. The van der Waals surface area contributed by atoms with E-state index in [1.807, 2.05) is 21.1 Å². The second-order valence-electron chi connectivity index (χ2n) is 23.9. The molecule has 0 saturated carbocycles. The van der Waals surface area contributed by atoms with Crippen molar-refractivity contribution in [1.82, 2.24) is 0 Å². The molecule has 0 fully saturated rings. The van der Waals surface area contributed by atoms with Crippen LogP contribution < -0.4 is 0 Å². The largest absolute Gasteiger partial charge is 0.472 e. The number of esters is 2. The van der Waals surface area contributed by atoms with Gasteiger partial charge in [-0.1, -0.05) is 301 Å². The van der Waals surface area contributed by atoms with Crippen LogP contribution in [0.2, 0.25) is 0 Å². The zero-order valence-electron chi connectivity index (χ0n) is 51.7. The Morgan fingerprint density at radius 1 is 0.403 bits per heavy atom. The van der Waals surface area contributed by atoms with Gasteiger partial charge in [0, 0.05) is 12.8 Å². The van der Waals surface area contributed by atoms with E-state index in [4.69, 9.17) is 18.5 Å². The lowest BCUT2D eigenvalue weighted by molar-refractivity contribution is -0.870. The number of hydrogen-bond donors (Lipinski definition) is 1. The zero-order valence-corrected chi connectivity index (χ0v) is 52.6. The summed E-state index contributed by atoms with van der Waals surface area (Å²) in [5.74, 6) is -0.796. The van der Waals surface area contributed by atoms with Gasteiger partial charge in [-0.3, -0.25) is 18.6 Å². The number of likely N-dealkylation sites (N-methyl/N-ethyl adjacent to an activating group) is 1. The molecule has 0 radical (unpaired) electrons. The molecule has 0 spiro atoms. The number of quaternary nitrogens is 1. The molecule has 0 aliphatic heterocycles. The predicted molar refractivity (Wildman–Crippen MR) is 330 cm³/mol. The first kappa shape index (κ1) is 75.2. The topological polar surface area (TPSA) is 108 Å². The molecule has 2 unspecified atom stereocenters. The Labute approximate surface area is 478 Å². The normalized spacial score (nSPS) is 13.4. The highest BCUT2D eigenvalue weighted by Crippen LogP contribution is 2.43. The molecule has 0 aliphatic rings. The van der Waals surface area contributed by atoms with Gasteiger partial charge in [-0.05, 0) is 51.4 Å². The van der Waals surface area contributed by atoms with Crippen LogP contribution in [-0.2, 0) is 32.7 Å². The lowest BCUT2D eigenvalue weighted by atomic mass is 10.0. The van der Waals surface area contributed by atoms with Crippen molar-refractivity contribution in [1.29, 1.82) is 0 Å². The highest BCUT2D eigenvalue weighted by Gasteiger charge is 2.27. The Morgan fingerprint density at radius 3 is 1.04 bits per heavy atom. The van der Waals surface area contributed by atoms with Crippen molar-refractivity contribution in [3.05, 3.63) is 36.5 Å². The van der Waals surface area contributed by atoms with E-state index in [-0.39, 0.29) is 25.6 Å². The SMILES string of the molecule is CCCCCCC/C=C\C/C=C\C/C=C\CCCCCCCCC(=O)OC(COC(=O)CCCCCCCCCCCCCCCCCCCCCCCCCCCCCCCCCC)COP(=O)(O)OCC[N+](C)(C)C. The van der Waals surface area contributed by atoms with Gasteiger partial charge in [-0.25, -0.2) is 4.57 Å². The van der Waals surface area contributed by atoms with Crippen LogP contribution in [-0.4, -0.2) is 74.9 Å². The van der Waals surface area contributed by atoms with Gasteiger partial charge in [0.2, 0.25) is 0 Å². The van der Waals surface area contributed by atoms with Crippen LogP contribution in [0.15, 0.2) is 36.5 Å². The quantitative estimate of drug-likeness (QED) is 0.0211. The number of rotatable bonds is 62. The first-order chi connectivity index (χ1) is 37.5. The Hall–Kier alpha value is -1.77. The third-order valence-electron chi connectivity index (χ3n) is 14.9. The van der Waals surface area contributed by atoms with Gasteiger partial charge in [-0.15, -0.1) is 0 Å². The van der Waals surface area contributed by atoms with E-state index in [9.17, 15) is 19.0 Å². The highest BCUT2D eigenvalue weighted by atomic mass is 31.2. The Kier molecular flexibility index (Phi) is 57.5. The number of ether oxygens (including phenoxy) is 2. The van der Waals surface area contributed by atoms with E-state index in [1.54, 1.807) is 0 Å². The smallest absolute Gasteiger partial charge is 0.462 e. The molecule has 0 aromatic heterocycles. The molecule has 0 heterocycles. The lowest BCUT2D eigenvalue weighted by Crippen LogP contribution is -2.37. The molecule has 0 amide bonds. The Bertz CT molecular complexity index is 1390. The van der Waals surface area contributed by atoms with E-state index in [1.165, 1.54) is 225 Å². The summed E-state index contributed by atoms with van der Waals surface area (Å²) in [6.45, 7) is 4.46. The summed E-state index contributed by atoms with van der Waals surface area (Å²) in [7, 11) is 1.48. The summed E-state index contributed by atoms with van der Waals surface area (Å²) >= 11 is 0. The summed E-state index contributed by atoms with van der Waals surface area (Å²) in [5, 5.41) is 0. The summed E-state index contributed by atoms with van der Waals surface area (Å²) < 4.78 is 34.6. The van der Waals surface area contributed by atoms with E-state index in [2.05, 4.69) is 50.3 Å². The van der Waals surface area contributed by atoms with Crippen LogP contribution in [0, 0.1) is 0 Å². The van der Waals surface area contributed by atoms with Gasteiger partial charge < -0.3 is 18.9 Å². The molecule has 2 atom stereocenters. The molecule has 0 aliphatic carbocycles. The van der Waals surface area contributed by atoms with Gasteiger partial charge in [-0.2, -0.15) is 0 Å². The van der Waals surface area contributed by atoms with E-state index in [0.717, 1.165) is 70.6 Å². The minimum absolute atomic E-state index is 0.0301. The molecule has 0 rings (SSSR count). The second kappa shape index (κ2) is 58.9. The minimum Gasteiger partial charge on any atom is -0.462 e. The lowest BCUT2D eigenvalue weighted by Gasteiger charge is -2.24. The molecular formula is C67H129NO8P+. The van der Waals surface area contributed by atoms with Crippen molar-refractivity contribution in [3.8, 4) is 0 Å². The molecule has 0 saturated heterocycles. The standard InChI is InChI=1S/C67H128NO8P/c1-6-8-10-12-14-16-18-20-22-24-26-28-29-30-31-32-33-34-35-36-37-38-40-41-43-45-47-49-51-53-55-57-59-66(69)73-63-65(64-75-77(71,72)74-62-61-68(3,4)5)76-67(70)60-58-56-54-52-50-48-46-44-42-39-27-25-23-21-19-17-15-13-11-9-7-2/h19,21,25,27,42,44,65H,6-18,20,22-24,26,28-41,43,45-64H2,1-5H3/p+1/b21-19-,27-25-,44-42-. The van der Waals surface area contributed by atoms with Crippen LogP contribution in [0.4, 0.5) is 0 Å². The van der Waals surface area contributed by atoms with E-state index < -0.39 is 26.5 Å². The molecule has 10 heteroatoms. The monoisotopic (exact) mass is 1110 g/mol. The molecule has 1 N–H and O–H groups in total. The molecule has 0 aromatic rings. The van der Waals surface area contributed by atoms with Crippen molar-refractivity contribution < 1.29 is 42.1 Å². The van der Waals surface area contributed by atoms with Gasteiger partial charge in [0.05, 0.1) is 27.7 Å². The first-order valence-electron chi connectivity index (χ1n) is 33.2. The third-order valence-corrected chi connectivity index (χ3v) is 15.9. The van der Waals surface area contributed by atoms with Crippen molar-refractivity contribution in [2.24, 2.45) is 0 Å². The summed E-state index contributed by atoms with van der Waals surface area (Å²) in [4.78, 5) is 35.8. The van der Waals surface area contributed by atoms with Gasteiger partial charge in [0.25, 0.3) is 0 Å². The zero-order chi connectivity index (χ0) is 56.3. The van der Waals surface area contributed by atoms with Crippen LogP contribution >= 0.6 is 7.82 Å².